The zero-order valence-corrected chi connectivity index (χ0v) is 8.95. The average Bonchev–Trinajstić information content (AvgIpc) is 2.29. The van der Waals surface area contributed by atoms with Crippen molar-refractivity contribution in [1.82, 2.24) is 0 Å². The molecule has 0 saturated heterocycles. The van der Waals surface area contributed by atoms with Crippen molar-refractivity contribution in [3.8, 4) is 0 Å². The summed E-state index contributed by atoms with van der Waals surface area (Å²) in [5, 5.41) is 0. The van der Waals surface area contributed by atoms with Gasteiger partial charge >= 0.3 is 0 Å². The molecule has 1 rings (SSSR count). The number of rotatable bonds is 6. The Morgan fingerprint density at radius 1 is 1.07 bits per heavy atom. The zero-order chi connectivity index (χ0) is 11.1. The van der Waals surface area contributed by atoms with Crippen molar-refractivity contribution >= 4 is 18.1 Å². The summed E-state index contributed by atoms with van der Waals surface area (Å²) in [7, 11) is 0. The Morgan fingerprint density at radius 2 is 1.60 bits per heavy atom. The molecule has 2 nitrogen and oxygen atoms in total. The molecular formula is C13H17N2+. The molecule has 0 aromatic heterocycles. The van der Waals surface area contributed by atoms with Gasteiger partial charge < -0.3 is 4.90 Å². The molecule has 0 aliphatic heterocycles. The molecule has 0 spiro atoms. The molecule has 0 fully saturated rings. The van der Waals surface area contributed by atoms with Crippen molar-refractivity contribution in [3.05, 3.63) is 49.6 Å². The van der Waals surface area contributed by atoms with Gasteiger partial charge in [-0.3, -0.25) is 0 Å². The second kappa shape index (κ2) is 5.81. The van der Waals surface area contributed by atoms with Gasteiger partial charge in [0.1, 0.15) is 6.72 Å². The van der Waals surface area contributed by atoms with Crippen LogP contribution in [0.3, 0.4) is 0 Å². The largest absolute Gasteiger partial charge is 0.364 e. The van der Waals surface area contributed by atoms with Gasteiger partial charge in [-0.1, -0.05) is 12.2 Å². The van der Waals surface area contributed by atoms with E-state index >= 15 is 0 Å². The Bertz CT molecular complexity index is 328. The molecule has 1 aromatic rings. The van der Waals surface area contributed by atoms with Crippen LogP contribution < -0.4 is 9.89 Å². The third kappa shape index (κ3) is 3.09. The lowest BCUT2D eigenvalue weighted by atomic mass is 10.2. The number of nitrogens with zero attached hydrogens (tertiary/aromatic N) is 1. The van der Waals surface area contributed by atoms with Crippen LogP contribution in [0.1, 0.15) is 0 Å². The SMILES string of the molecule is C=CCN(CC=C)c1ccc([NH+]=C)cc1. The number of benzene rings is 1. The van der Waals surface area contributed by atoms with E-state index in [-0.39, 0.29) is 0 Å². The smallest absolute Gasteiger partial charge is 0.203 e. The first-order chi connectivity index (χ1) is 7.31. The van der Waals surface area contributed by atoms with Crippen LogP contribution in [0.2, 0.25) is 0 Å². The second-order valence-corrected chi connectivity index (χ2v) is 3.21. The summed E-state index contributed by atoms with van der Waals surface area (Å²) in [5.41, 5.74) is 2.17. The van der Waals surface area contributed by atoms with Crippen LogP contribution in [0.25, 0.3) is 0 Å². The van der Waals surface area contributed by atoms with Gasteiger partial charge in [0.2, 0.25) is 5.69 Å². The van der Waals surface area contributed by atoms with Crippen LogP contribution >= 0.6 is 0 Å². The zero-order valence-electron chi connectivity index (χ0n) is 8.95. The fraction of sp³-hybridized carbons (Fsp3) is 0.154. The Balaban J connectivity index is 2.84. The molecule has 0 atom stereocenters. The van der Waals surface area contributed by atoms with E-state index in [1.165, 1.54) is 0 Å². The highest BCUT2D eigenvalue weighted by atomic mass is 15.1. The molecule has 0 saturated carbocycles. The van der Waals surface area contributed by atoms with Crippen molar-refractivity contribution in [2.75, 3.05) is 18.0 Å². The second-order valence-electron chi connectivity index (χ2n) is 3.21. The summed E-state index contributed by atoms with van der Waals surface area (Å²) in [5.74, 6) is 0. The highest BCUT2D eigenvalue weighted by Gasteiger charge is 2.03. The number of hydrogen-bond donors (Lipinski definition) is 1. The van der Waals surface area contributed by atoms with Gasteiger partial charge in [-0.2, -0.15) is 0 Å². The molecule has 1 aromatic carbocycles. The minimum absolute atomic E-state index is 0.823. The maximum Gasteiger partial charge on any atom is 0.203 e. The third-order valence-electron chi connectivity index (χ3n) is 2.14. The summed E-state index contributed by atoms with van der Waals surface area (Å²) in [4.78, 5) is 5.04. The van der Waals surface area contributed by atoms with Gasteiger partial charge in [0, 0.05) is 30.9 Å². The fourth-order valence-electron chi connectivity index (χ4n) is 1.39. The summed E-state index contributed by atoms with van der Waals surface area (Å²) < 4.78 is 0. The lowest BCUT2D eigenvalue weighted by molar-refractivity contribution is -0.342. The van der Waals surface area contributed by atoms with E-state index in [0.29, 0.717) is 0 Å². The Labute approximate surface area is 91.3 Å². The van der Waals surface area contributed by atoms with E-state index in [0.717, 1.165) is 24.5 Å². The molecule has 2 heteroatoms. The molecule has 15 heavy (non-hydrogen) atoms. The molecule has 1 N–H and O–H groups in total. The number of anilines is 1. The van der Waals surface area contributed by atoms with E-state index < -0.39 is 0 Å². The van der Waals surface area contributed by atoms with Crippen LogP contribution in [0.5, 0.6) is 0 Å². The van der Waals surface area contributed by atoms with Crippen LogP contribution in [-0.2, 0) is 0 Å². The summed E-state index contributed by atoms with van der Waals surface area (Å²) in [6.45, 7) is 12.7. The topological polar surface area (TPSA) is 17.2 Å². The Kier molecular flexibility index (Phi) is 4.35. The Hall–Kier alpha value is -1.83. The molecule has 0 aliphatic carbocycles. The molecule has 0 bridgehead atoms. The van der Waals surface area contributed by atoms with Crippen molar-refractivity contribution in [2.45, 2.75) is 0 Å². The van der Waals surface area contributed by atoms with E-state index in [1.54, 1.807) is 0 Å². The number of hydrogen-bond acceptors (Lipinski definition) is 1. The highest BCUT2D eigenvalue weighted by Crippen LogP contribution is 2.15. The minimum Gasteiger partial charge on any atom is -0.364 e. The Morgan fingerprint density at radius 3 is 2.00 bits per heavy atom. The van der Waals surface area contributed by atoms with E-state index in [2.05, 4.69) is 41.9 Å². The normalized spacial score (nSPS) is 9.33. The van der Waals surface area contributed by atoms with Crippen LogP contribution in [-0.4, -0.2) is 19.8 Å². The minimum atomic E-state index is 0.823. The molecule has 78 valence electrons. The van der Waals surface area contributed by atoms with Gasteiger partial charge in [-0.25, -0.2) is 4.99 Å². The standard InChI is InChI=1S/C13H16N2/c1-4-10-15(11-5-2)13-8-6-12(14-3)7-9-13/h4-9H,1-3,10-11H2/p+1. The van der Waals surface area contributed by atoms with Gasteiger partial charge in [-0.05, 0) is 12.1 Å². The first kappa shape index (κ1) is 11.2. The molecular weight excluding hydrogens is 184 g/mol. The third-order valence-corrected chi connectivity index (χ3v) is 2.14. The van der Waals surface area contributed by atoms with Gasteiger partial charge in [-0.15, -0.1) is 13.2 Å². The van der Waals surface area contributed by atoms with Crippen LogP contribution in [0.4, 0.5) is 11.4 Å². The summed E-state index contributed by atoms with van der Waals surface area (Å²) in [6, 6.07) is 8.12. The molecule has 0 amide bonds. The summed E-state index contributed by atoms with van der Waals surface area (Å²) >= 11 is 0. The lowest BCUT2D eigenvalue weighted by Gasteiger charge is -2.21. The maximum absolute atomic E-state index is 3.74. The van der Waals surface area contributed by atoms with Gasteiger partial charge in [0.25, 0.3) is 0 Å². The first-order valence-electron chi connectivity index (χ1n) is 4.91. The quantitative estimate of drug-likeness (QED) is 0.542. The summed E-state index contributed by atoms with van der Waals surface area (Å²) in [6.07, 6.45) is 3.77. The van der Waals surface area contributed by atoms with Gasteiger partial charge in [0.15, 0.2) is 0 Å². The average molecular weight is 201 g/mol. The lowest BCUT2D eigenvalue weighted by Crippen LogP contribution is -2.57. The van der Waals surface area contributed by atoms with E-state index in [9.17, 15) is 0 Å². The van der Waals surface area contributed by atoms with Gasteiger partial charge in [0.05, 0.1) is 0 Å². The van der Waals surface area contributed by atoms with Crippen molar-refractivity contribution < 1.29 is 4.99 Å². The monoisotopic (exact) mass is 201 g/mol. The van der Waals surface area contributed by atoms with E-state index in [4.69, 9.17) is 0 Å². The molecule has 0 radical (unpaired) electrons. The van der Waals surface area contributed by atoms with Crippen molar-refractivity contribution in [3.63, 3.8) is 0 Å². The van der Waals surface area contributed by atoms with Crippen molar-refractivity contribution in [2.24, 2.45) is 0 Å². The predicted molar refractivity (Wildman–Crippen MR) is 66.8 cm³/mol. The van der Waals surface area contributed by atoms with Crippen LogP contribution in [0, 0.1) is 0 Å². The van der Waals surface area contributed by atoms with Crippen molar-refractivity contribution in [1.29, 1.82) is 0 Å². The molecule has 0 unspecified atom stereocenters. The molecule has 0 aliphatic rings. The molecule has 0 heterocycles. The predicted octanol–water partition coefficient (Wildman–Crippen LogP) is 1.28. The number of nitrogens with one attached hydrogen (secondary N) is 1. The maximum atomic E-state index is 3.74. The highest BCUT2D eigenvalue weighted by molar-refractivity contribution is 5.51. The van der Waals surface area contributed by atoms with E-state index in [1.807, 2.05) is 24.3 Å². The van der Waals surface area contributed by atoms with Crippen LogP contribution in [0.15, 0.2) is 49.6 Å². The first-order valence-corrected chi connectivity index (χ1v) is 4.91. The fourth-order valence-corrected chi connectivity index (χ4v) is 1.39.